The van der Waals surface area contributed by atoms with Gasteiger partial charge in [0.15, 0.2) is 0 Å². The van der Waals surface area contributed by atoms with Gasteiger partial charge in [0.05, 0.1) is 0 Å². The SMILES string of the molecule is NC1CC(c2cc(NCC3CCOCC3)ncn2)C1. The number of hydrogen-bond donors (Lipinski definition) is 2. The molecule has 5 nitrogen and oxygen atoms in total. The standard InChI is InChI=1S/C14H22N4O/c15-12-5-11(6-12)13-7-14(18-9-17-13)16-8-10-1-3-19-4-2-10/h7,9-12H,1-6,8,15H2,(H,16,17,18). The molecule has 0 aromatic carbocycles. The smallest absolute Gasteiger partial charge is 0.129 e. The maximum atomic E-state index is 5.83. The molecular weight excluding hydrogens is 240 g/mol. The summed E-state index contributed by atoms with van der Waals surface area (Å²) in [7, 11) is 0. The van der Waals surface area contributed by atoms with E-state index in [1.165, 1.54) is 0 Å². The molecule has 1 aromatic rings. The fourth-order valence-electron chi connectivity index (χ4n) is 2.80. The normalized spacial score (nSPS) is 27.8. The van der Waals surface area contributed by atoms with E-state index in [4.69, 9.17) is 10.5 Å². The van der Waals surface area contributed by atoms with E-state index in [1.54, 1.807) is 6.33 Å². The summed E-state index contributed by atoms with van der Waals surface area (Å²) >= 11 is 0. The van der Waals surface area contributed by atoms with Crippen LogP contribution in [0.1, 0.15) is 37.3 Å². The van der Waals surface area contributed by atoms with Crippen molar-refractivity contribution in [3.63, 3.8) is 0 Å². The summed E-state index contributed by atoms with van der Waals surface area (Å²) in [6.45, 7) is 2.76. The van der Waals surface area contributed by atoms with Crippen molar-refractivity contribution in [2.75, 3.05) is 25.1 Å². The fourth-order valence-corrected chi connectivity index (χ4v) is 2.80. The van der Waals surface area contributed by atoms with Gasteiger partial charge in [-0.15, -0.1) is 0 Å². The van der Waals surface area contributed by atoms with Crippen LogP contribution in [0.2, 0.25) is 0 Å². The highest BCUT2D eigenvalue weighted by Gasteiger charge is 2.28. The monoisotopic (exact) mass is 262 g/mol. The zero-order valence-electron chi connectivity index (χ0n) is 11.2. The van der Waals surface area contributed by atoms with Crippen molar-refractivity contribution in [1.82, 2.24) is 9.97 Å². The van der Waals surface area contributed by atoms with Gasteiger partial charge in [-0.2, -0.15) is 0 Å². The highest BCUT2D eigenvalue weighted by atomic mass is 16.5. The second-order valence-corrected chi connectivity index (χ2v) is 5.69. The van der Waals surface area contributed by atoms with E-state index < -0.39 is 0 Å². The molecule has 5 heteroatoms. The molecule has 2 heterocycles. The summed E-state index contributed by atoms with van der Waals surface area (Å²) in [5.74, 6) is 2.17. The molecule has 2 aliphatic rings. The van der Waals surface area contributed by atoms with E-state index in [0.717, 1.165) is 57.0 Å². The lowest BCUT2D eigenvalue weighted by molar-refractivity contribution is 0.0699. The van der Waals surface area contributed by atoms with Crippen LogP contribution in [0.15, 0.2) is 12.4 Å². The molecule has 0 radical (unpaired) electrons. The van der Waals surface area contributed by atoms with E-state index in [0.29, 0.717) is 17.9 Å². The number of hydrogen-bond acceptors (Lipinski definition) is 5. The quantitative estimate of drug-likeness (QED) is 0.860. The maximum Gasteiger partial charge on any atom is 0.129 e. The number of rotatable bonds is 4. The first-order valence-electron chi connectivity index (χ1n) is 7.20. The number of ether oxygens (including phenoxy) is 1. The third-order valence-corrected chi connectivity index (χ3v) is 4.19. The molecule has 1 aliphatic carbocycles. The van der Waals surface area contributed by atoms with Crippen molar-refractivity contribution in [1.29, 1.82) is 0 Å². The van der Waals surface area contributed by atoms with Gasteiger partial charge < -0.3 is 15.8 Å². The molecule has 0 unspecified atom stereocenters. The Labute approximate surface area is 114 Å². The Bertz CT molecular complexity index is 414. The van der Waals surface area contributed by atoms with E-state index in [2.05, 4.69) is 21.4 Å². The summed E-state index contributed by atoms with van der Waals surface area (Å²) in [5.41, 5.74) is 6.96. The van der Waals surface area contributed by atoms with Gasteiger partial charge in [0, 0.05) is 43.5 Å². The lowest BCUT2D eigenvalue weighted by Gasteiger charge is -2.31. The van der Waals surface area contributed by atoms with Crippen LogP contribution < -0.4 is 11.1 Å². The average Bonchev–Trinajstić information content (AvgIpc) is 2.43. The van der Waals surface area contributed by atoms with Crippen LogP contribution in [0.4, 0.5) is 5.82 Å². The van der Waals surface area contributed by atoms with Gasteiger partial charge >= 0.3 is 0 Å². The third-order valence-electron chi connectivity index (χ3n) is 4.19. The van der Waals surface area contributed by atoms with E-state index in [-0.39, 0.29) is 0 Å². The first-order valence-corrected chi connectivity index (χ1v) is 7.20. The largest absolute Gasteiger partial charge is 0.381 e. The van der Waals surface area contributed by atoms with E-state index in [9.17, 15) is 0 Å². The molecule has 0 atom stereocenters. The van der Waals surface area contributed by atoms with E-state index >= 15 is 0 Å². The Morgan fingerprint density at radius 2 is 2.05 bits per heavy atom. The Morgan fingerprint density at radius 1 is 1.26 bits per heavy atom. The Morgan fingerprint density at radius 3 is 2.79 bits per heavy atom. The lowest BCUT2D eigenvalue weighted by Crippen LogP contribution is -2.35. The van der Waals surface area contributed by atoms with Crippen molar-refractivity contribution in [2.24, 2.45) is 11.7 Å². The second kappa shape index (κ2) is 5.84. The number of nitrogens with one attached hydrogen (secondary N) is 1. The predicted molar refractivity (Wildman–Crippen MR) is 74.0 cm³/mol. The van der Waals surface area contributed by atoms with Crippen LogP contribution in [0.5, 0.6) is 0 Å². The minimum atomic E-state index is 0.360. The number of nitrogens with zero attached hydrogens (tertiary/aromatic N) is 2. The highest BCUT2D eigenvalue weighted by Crippen LogP contribution is 2.34. The van der Waals surface area contributed by atoms with Gasteiger partial charge in [-0.1, -0.05) is 0 Å². The molecule has 0 spiro atoms. The Hall–Kier alpha value is -1.20. The number of aromatic nitrogens is 2. The lowest BCUT2D eigenvalue weighted by atomic mass is 9.78. The van der Waals surface area contributed by atoms with Gasteiger partial charge in [-0.3, -0.25) is 0 Å². The number of nitrogens with two attached hydrogens (primary N) is 1. The Balaban J connectivity index is 1.54. The molecule has 2 fully saturated rings. The zero-order valence-corrected chi connectivity index (χ0v) is 11.2. The zero-order chi connectivity index (χ0) is 13.1. The number of anilines is 1. The third kappa shape index (κ3) is 3.22. The molecule has 3 rings (SSSR count). The van der Waals surface area contributed by atoms with Crippen LogP contribution >= 0.6 is 0 Å². The average molecular weight is 262 g/mol. The van der Waals surface area contributed by atoms with Crippen LogP contribution in [0.25, 0.3) is 0 Å². The van der Waals surface area contributed by atoms with Crippen LogP contribution in [-0.4, -0.2) is 35.8 Å². The molecule has 19 heavy (non-hydrogen) atoms. The summed E-state index contributed by atoms with van der Waals surface area (Å²) in [6, 6.07) is 2.44. The van der Waals surface area contributed by atoms with Crippen LogP contribution in [-0.2, 0) is 4.74 Å². The molecule has 3 N–H and O–H groups in total. The second-order valence-electron chi connectivity index (χ2n) is 5.69. The molecular formula is C14H22N4O. The topological polar surface area (TPSA) is 73.1 Å². The first-order chi connectivity index (χ1) is 9.31. The molecule has 104 valence electrons. The van der Waals surface area contributed by atoms with Gasteiger partial charge in [0.2, 0.25) is 0 Å². The maximum absolute atomic E-state index is 5.83. The minimum absolute atomic E-state index is 0.360. The molecule has 1 aliphatic heterocycles. The first kappa shape index (κ1) is 12.8. The molecule has 1 saturated heterocycles. The highest BCUT2D eigenvalue weighted by molar-refractivity contribution is 5.36. The summed E-state index contributed by atoms with van der Waals surface area (Å²) in [6.07, 6.45) is 6.04. The molecule has 1 saturated carbocycles. The fraction of sp³-hybridized carbons (Fsp3) is 0.714. The van der Waals surface area contributed by atoms with Crippen molar-refractivity contribution in [2.45, 2.75) is 37.6 Å². The minimum Gasteiger partial charge on any atom is -0.381 e. The van der Waals surface area contributed by atoms with Crippen LogP contribution in [0.3, 0.4) is 0 Å². The predicted octanol–water partition coefficient (Wildman–Crippen LogP) is 1.52. The van der Waals surface area contributed by atoms with Gasteiger partial charge in [0.1, 0.15) is 12.1 Å². The van der Waals surface area contributed by atoms with E-state index in [1.807, 2.05) is 0 Å². The summed E-state index contributed by atoms with van der Waals surface area (Å²) < 4.78 is 5.37. The van der Waals surface area contributed by atoms with Crippen molar-refractivity contribution in [3.05, 3.63) is 18.1 Å². The van der Waals surface area contributed by atoms with Crippen molar-refractivity contribution < 1.29 is 4.74 Å². The van der Waals surface area contributed by atoms with Crippen molar-refractivity contribution in [3.8, 4) is 0 Å². The van der Waals surface area contributed by atoms with Gasteiger partial charge in [0.25, 0.3) is 0 Å². The summed E-state index contributed by atoms with van der Waals surface area (Å²) in [4.78, 5) is 8.66. The van der Waals surface area contributed by atoms with Crippen LogP contribution in [0, 0.1) is 5.92 Å². The summed E-state index contributed by atoms with van der Waals surface area (Å²) in [5, 5.41) is 3.43. The van der Waals surface area contributed by atoms with Gasteiger partial charge in [-0.05, 0) is 31.6 Å². The Kier molecular flexibility index (Phi) is 3.94. The molecule has 1 aromatic heterocycles. The molecule has 0 bridgehead atoms. The van der Waals surface area contributed by atoms with Crippen molar-refractivity contribution >= 4 is 5.82 Å². The molecule has 0 amide bonds. The van der Waals surface area contributed by atoms with Gasteiger partial charge in [-0.25, -0.2) is 9.97 Å².